The molecule has 0 bridgehead atoms. The van der Waals surface area contributed by atoms with Gasteiger partial charge in [0.05, 0.1) is 6.10 Å². The molecule has 1 N–H and O–H groups in total. The first-order valence-electron chi connectivity index (χ1n) is 6.04. The summed E-state index contributed by atoms with van der Waals surface area (Å²) in [7, 11) is 1.68. The van der Waals surface area contributed by atoms with E-state index >= 15 is 0 Å². The lowest BCUT2D eigenvalue weighted by Crippen LogP contribution is -2.71. The van der Waals surface area contributed by atoms with E-state index in [1.54, 1.807) is 32.8 Å². The van der Waals surface area contributed by atoms with Gasteiger partial charge in [-0.1, -0.05) is 0 Å². The Morgan fingerprint density at radius 2 is 1.94 bits per heavy atom. The van der Waals surface area contributed by atoms with Crippen LogP contribution < -0.4 is 5.32 Å². The van der Waals surface area contributed by atoms with Crippen LogP contribution in [0.15, 0.2) is 0 Å². The number of ether oxygens (including phenoxy) is 1. The first-order valence-corrected chi connectivity index (χ1v) is 6.04. The zero-order valence-electron chi connectivity index (χ0n) is 10.8. The Labute approximate surface area is 101 Å². The van der Waals surface area contributed by atoms with Crippen LogP contribution in [-0.2, 0) is 14.3 Å². The molecule has 0 aromatic carbocycles. The Morgan fingerprint density at radius 1 is 1.35 bits per heavy atom. The van der Waals surface area contributed by atoms with Crippen molar-refractivity contribution in [1.29, 1.82) is 0 Å². The van der Waals surface area contributed by atoms with Crippen LogP contribution in [0.25, 0.3) is 0 Å². The van der Waals surface area contributed by atoms with Crippen LogP contribution >= 0.6 is 0 Å². The van der Waals surface area contributed by atoms with Crippen molar-refractivity contribution in [2.45, 2.75) is 57.3 Å². The molecule has 1 unspecified atom stereocenters. The summed E-state index contributed by atoms with van der Waals surface area (Å²) >= 11 is 0. The van der Waals surface area contributed by atoms with Crippen LogP contribution in [-0.4, -0.2) is 47.6 Å². The Kier molecular flexibility index (Phi) is 2.89. The molecule has 17 heavy (non-hydrogen) atoms. The fourth-order valence-electron chi connectivity index (χ4n) is 2.53. The number of piperazine rings is 1. The second-order valence-corrected chi connectivity index (χ2v) is 5.49. The quantitative estimate of drug-likeness (QED) is 0.754. The second kappa shape index (κ2) is 3.98. The zero-order chi connectivity index (χ0) is 12.8. The van der Waals surface area contributed by atoms with Gasteiger partial charge in [0.1, 0.15) is 11.6 Å². The molecule has 0 aromatic heterocycles. The van der Waals surface area contributed by atoms with Crippen LogP contribution in [0, 0.1) is 0 Å². The molecule has 0 radical (unpaired) electrons. The molecule has 1 aliphatic heterocycles. The Balaban J connectivity index is 2.14. The molecule has 0 aromatic rings. The number of nitrogens with zero attached hydrogens (tertiary/aromatic N) is 1. The Morgan fingerprint density at radius 3 is 2.47 bits per heavy atom. The lowest BCUT2D eigenvalue weighted by Gasteiger charge is -2.50. The van der Waals surface area contributed by atoms with E-state index in [1.165, 1.54) is 0 Å². The first kappa shape index (κ1) is 12.4. The van der Waals surface area contributed by atoms with E-state index in [2.05, 4.69) is 5.32 Å². The number of methoxy groups -OCH3 is 1. The summed E-state index contributed by atoms with van der Waals surface area (Å²) < 4.78 is 5.22. The van der Waals surface area contributed by atoms with E-state index in [9.17, 15) is 9.59 Å². The van der Waals surface area contributed by atoms with Gasteiger partial charge in [-0.15, -0.1) is 0 Å². The zero-order valence-corrected chi connectivity index (χ0v) is 10.8. The molecule has 2 aliphatic rings. The van der Waals surface area contributed by atoms with Crippen LogP contribution in [0.2, 0.25) is 0 Å². The van der Waals surface area contributed by atoms with Crippen molar-refractivity contribution in [2.75, 3.05) is 7.11 Å². The molecule has 1 saturated heterocycles. The number of amides is 2. The van der Waals surface area contributed by atoms with Crippen LogP contribution in [0.5, 0.6) is 0 Å². The Bertz CT molecular complexity index is 348. The minimum Gasteiger partial charge on any atom is -0.381 e. The van der Waals surface area contributed by atoms with Crippen molar-refractivity contribution in [2.24, 2.45) is 0 Å². The molecule has 2 amide bonds. The summed E-state index contributed by atoms with van der Waals surface area (Å²) in [6.07, 6.45) is 1.89. The van der Waals surface area contributed by atoms with Crippen molar-refractivity contribution >= 4 is 11.8 Å². The lowest BCUT2D eigenvalue weighted by molar-refractivity contribution is -0.161. The van der Waals surface area contributed by atoms with E-state index < -0.39 is 5.54 Å². The fourth-order valence-corrected chi connectivity index (χ4v) is 2.53. The maximum Gasteiger partial charge on any atom is 0.248 e. The Hall–Kier alpha value is -1.10. The predicted molar refractivity (Wildman–Crippen MR) is 62.3 cm³/mol. The van der Waals surface area contributed by atoms with E-state index in [0.29, 0.717) is 0 Å². The van der Waals surface area contributed by atoms with Crippen LogP contribution in [0.4, 0.5) is 0 Å². The maximum absolute atomic E-state index is 12.3. The molecule has 1 atom stereocenters. The average molecular weight is 240 g/mol. The highest BCUT2D eigenvalue weighted by atomic mass is 16.5. The smallest absolute Gasteiger partial charge is 0.248 e. The summed E-state index contributed by atoms with van der Waals surface area (Å²) in [6.45, 7) is 5.28. The van der Waals surface area contributed by atoms with Crippen LogP contribution in [0.1, 0.15) is 33.6 Å². The molecule has 2 rings (SSSR count). The van der Waals surface area contributed by atoms with Crippen molar-refractivity contribution in [3.05, 3.63) is 0 Å². The van der Waals surface area contributed by atoms with Gasteiger partial charge in [-0.3, -0.25) is 9.59 Å². The monoisotopic (exact) mass is 240 g/mol. The van der Waals surface area contributed by atoms with E-state index in [1.807, 2.05) is 0 Å². The molecular formula is C12H20N2O3. The third kappa shape index (κ3) is 1.92. The molecule has 1 saturated carbocycles. The van der Waals surface area contributed by atoms with Gasteiger partial charge >= 0.3 is 0 Å². The number of rotatable bonds is 2. The molecular weight excluding hydrogens is 220 g/mol. The molecule has 1 aliphatic carbocycles. The summed E-state index contributed by atoms with van der Waals surface area (Å²) in [5, 5.41) is 2.75. The standard InChI is InChI=1S/C12H20N2O3/c1-7-10(15)13-12(2,3)11(16)14(7)8-5-9(6-8)17-4/h7-9H,5-6H2,1-4H3,(H,13,15). The highest BCUT2D eigenvalue weighted by Crippen LogP contribution is 2.32. The molecule has 5 heteroatoms. The van der Waals surface area contributed by atoms with Crippen molar-refractivity contribution in [3.63, 3.8) is 0 Å². The summed E-state index contributed by atoms with van der Waals surface area (Å²) in [6, 6.07) is -0.230. The first-order chi connectivity index (χ1) is 7.86. The number of hydrogen-bond donors (Lipinski definition) is 1. The number of carbonyl (C=O) groups excluding carboxylic acids is 2. The molecule has 96 valence electrons. The highest BCUT2D eigenvalue weighted by molar-refractivity contribution is 5.99. The summed E-state index contributed by atoms with van der Waals surface area (Å²) in [4.78, 5) is 25.9. The van der Waals surface area contributed by atoms with Gasteiger partial charge in [0.25, 0.3) is 0 Å². The van der Waals surface area contributed by atoms with E-state index in [-0.39, 0.29) is 30.0 Å². The molecule has 1 heterocycles. The number of hydrogen-bond acceptors (Lipinski definition) is 3. The minimum absolute atomic E-state index is 0.00385. The van der Waals surface area contributed by atoms with Gasteiger partial charge < -0.3 is 15.0 Å². The van der Waals surface area contributed by atoms with Gasteiger partial charge in [-0.05, 0) is 33.6 Å². The lowest BCUT2D eigenvalue weighted by atomic mass is 9.84. The topological polar surface area (TPSA) is 58.6 Å². The largest absolute Gasteiger partial charge is 0.381 e. The van der Waals surface area contributed by atoms with Gasteiger partial charge in [-0.25, -0.2) is 0 Å². The molecule has 2 fully saturated rings. The molecule has 0 spiro atoms. The summed E-state index contributed by atoms with van der Waals surface area (Å²) in [5.74, 6) is -0.0698. The normalized spacial score (nSPS) is 36.5. The summed E-state index contributed by atoms with van der Waals surface area (Å²) in [5.41, 5.74) is -0.790. The highest BCUT2D eigenvalue weighted by Gasteiger charge is 2.49. The van der Waals surface area contributed by atoms with Crippen molar-refractivity contribution in [3.8, 4) is 0 Å². The van der Waals surface area contributed by atoms with Crippen LogP contribution in [0.3, 0.4) is 0 Å². The molecule has 5 nitrogen and oxygen atoms in total. The number of nitrogens with one attached hydrogen (secondary N) is 1. The van der Waals surface area contributed by atoms with E-state index in [4.69, 9.17) is 4.74 Å². The minimum atomic E-state index is -0.790. The van der Waals surface area contributed by atoms with Crippen molar-refractivity contribution in [1.82, 2.24) is 10.2 Å². The second-order valence-electron chi connectivity index (χ2n) is 5.49. The third-order valence-electron chi connectivity index (χ3n) is 3.80. The fraction of sp³-hybridized carbons (Fsp3) is 0.833. The number of carbonyl (C=O) groups is 2. The predicted octanol–water partition coefficient (Wildman–Crippen LogP) is 0.289. The van der Waals surface area contributed by atoms with Gasteiger partial charge in [0, 0.05) is 13.2 Å². The van der Waals surface area contributed by atoms with Gasteiger partial charge in [0.2, 0.25) is 11.8 Å². The average Bonchev–Trinajstić information content (AvgIpc) is 2.18. The van der Waals surface area contributed by atoms with E-state index in [0.717, 1.165) is 12.8 Å². The van der Waals surface area contributed by atoms with Crippen molar-refractivity contribution < 1.29 is 14.3 Å². The van der Waals surface area contributed by atoms with Gasteiger partial charge in [-0.2, -0.15) is 0 Å². The SMILES string of the molecule is COC1CC(N2C(=O)C(C)(C)NC(=O)C2C)C1. The maximum atomic E-state index is 12.3. The third-order valence-corrected chi connectivity index (χ3v) is 3.80. The van der Waals surface area contributed by atoms with Gasteiger partial charge in [0.15, 0.2) is 0 Å².